The number of nitrogens with one attached hydrogen (secondary N) is 3. The SMILES string of the molecule is CC(=O)c1ccon1.CCOCC.CN1C(C(=O)CO)=CC(c2ccon2)=NS1(=O)=O.CN1C(C(=O)Nc2ccc(F)c(Cl)c2)=CC(c2ccon2)=NS1(=O)=O.CNOC.CO.CO.COC(=O)C(=O)/C=C(\O)c1ccon1.CON(C)C(=O)c1ccon1.Cl.Cl.Nc1ccc(F)c(Cl)c1.O=C(CO)C1=CC(c2ccon2)=NS(=O)(=O)N1.O=C(O)c1ccon1.[2H]CF.[B].[Br-].[CH3-].[H-].[Mg+2].[Na+]. The number of carboxylic acids is 1. The smallest absolute Gasteiger partial charge is 1.00 e. The van der Waals surface area contributed by atoms with Crippen molar-refractivity contribution in [2.75, 3.05) is 108 Å². The molecule has 7 aromatic heterocycles. The van der Waals surface area contributed by atoms with Crippen LogP contribution in [0.3, 0.4) is 0 Å². The number of carbonyl (C=O) groups is 8. The van der Waals surface area contributed by atoms with Crippen LogP contribution in [0.2, 0.25) is 10.0 Å². The maximum Gasteiger partial charge on any atom is 2.00 e. The van der Waals surface area contributed by atoms with Crippen LogP contribution in [0.25, 0.3) is 5.76 Å². The normalized spacial score (nSPS) is 12.4. The number of nitrogens with two attached hydrogens (primary N) is 1. The molecule has 62 heteroatoms. The zero-order valence-corrected chi connectivity index (χ0v) is 82.4. The van der Waals surface area contributed by atoms with E-state index in [0.717, 1.165) is 50.0 Å². The zero-order valence-electron chi connectivity index (χ0n) is 73.8. The molecular weight excluding hydrogens is 2010 g/mol. The number of ether oxygens (including phenoxy) is 2. The standard InChI is InChI=1S/C14H10ClFN4O4S.C9H9N3O5S.C8H7N3O5S.C8H7NO5.C6H5ClFN.C6H8N2O3.C5H5NO2.C4H3NO3.C4H10O.C2H7NO.CH3F.2CH4O.CH3.B.BrH.2ClH.Mg.Na.H/c1-20-13(14(21)17-8-2-3-10(16)9(15)6-8)7-12(19-25(20,22)23)11-4-5-24-18-11;1-12-8(9(14)5-13)4-7(11-18(12,15)16)6-2-3-17-10-6;12-4-8(13)7-3-6(5-1-2-16-9-5)10-17(14,15)11-7;1-13-8(12)7(11)4-6(10)5-2-3-14-9-5;7-5-3-4(9)1-2-6(5)8;1-8(10-2)6(9)5-3-4-11-7-5;1-4(7)5-2-3-8-6-5;6-4(7)3-1-2-8-5-3;1-3-5-4-2;1-3-4-2;3*1-2;;;;;;;;/h2-7H,1H3,(H,17,21);2-4,13H,5H2,1H3;1-3,11-12H,4H2;2-4,10H,1H3;1-3H,9H2;3-4H,1-2H3;2-3H,1H3;1-2H,(H,6,7);3-4H2,1-2H3;3H,1-2H3;1H3;2*2H,1H3;1H3;;3*1H;;;/q;;;;;;;;;;;;;-1;;;;;+2;+1;-1/p-1/b;;;6-4-;;;;;;;;;;;;;;;;;/i;;;;;;;;;;1D;;;;;;;;;;. The predicted molar refractivity (Wildman–Crippen MR) is 464 cm³/mol. The van der Waals surface area contributed by atoms with Gasteiger partial charge in [0.1, 0.15) is 131 Å². The number of benzene rings is 2. The molecule has 719 valence electrons. The molecule has 48 nitrogen and oxygen atoms in total. The third kappa shape index (κ3) is 49.6. The van der Waals surface area contributed by atoms with Gasteiger partial charge in [-0.25, -0.2) is 33.2 Å². The molecule has 0 saturated carbocycles. The Bertz CT molecular complexity index is 5430. The van der Waals surface area contributed by atoms with Gasteiger partial charge in [-0.3, -0.25) is 47.0 Å². The van der Waals surface area contributed by atoms with Gasteiger partial charge in [0.2, 0.25) is 11.6 Å². The van der Waals surface area contributed by atoms with Gasteiger partial charge < -0.3 is 113 Å². The number of hydrogen-bond acceptors (Lipinski definition) is 39. The van der Waals surface area contributed by atoms with Gasteiger partial charge >= 0.3 is 95.2 Å². The van der Waals surface area contributed by atoms with E-state index in [1.807, 2.05) is 18.6 Å². The Kier molecular flexibility index (Phi) is 75.0. The zero-order chi connectivity index (χ0) is 95.9. The number of methoxy groups -OCH3 is 1. The van der Waals surface area contributed by atoms with Gasteiger partial charge in [0.25, 0.3) is 17.6 Å². The summed E-state index contributed by atoms with van der Waals surface area (Å²) in [6, 6.07) is 17.5. The van der Waals surface area contributed by atoms with Crippen LogP contribution in [0.5, 0.6) is 0 Å². The number of anilines is 2. The number of alkyl halides is 1. The number of aromatic nitrogens is 7. The van der Waals surface area contributed by atoms with Crippen molar-refractivity contribution >= 4 is 191 Å². The van der Waals surface area contributed by atoms with Crippen molar-refractivity contribution in [3.8, 4) is 0 Å². The summed E-state index contributed by atoms with van der Waals surface area (Å²) >= 11 is 11.0. The van der Waals surface area contributed by atoms with E-state index in [4.69, 9.17) is 60.6 Å². The average Bonchev–Trinajstić information content (AvgIpc) is 1.15. The number of rotatable bonds is 19. The molecule has 0 aliphatic carbocycles. The Labute approximate surface area is 827 Å². The Morgan fingerprint density at radius 3 is 1.33 bits per heavy atom. The van der Waals surface area contributed by atoms with Gasteiger partial charge in [-0.05, 0) is 68.5 Å². The maximum absolute atomic E-state index is 13.2. The summed E-state index contributed by atoms with van der Waals surface area (Å²) in [5.41, 5.74) is 8.79. The second kappa shape index (κ2) is 73.8. The molecule has 2 amide bonds. The molecule has 9 aromatic rings. The first-order chi connectivity index (χ1) is 59.7. The van der Waals surface area contributed by atoms with E-state index in [1.165, 1.54) is 170 Å². The molecule has 2 aromatic carbocycles. The number of hydrogen-bond donors (Lipinski definition) is 10. The Morgan fingerprint density at radius 2 is 1.00 bits per heavy atom. The predicted octanol–water partition coefficient (Wildman–Crippen LogP) is -0.974. The second-order valence-electron chi connectivity index (χ2n) is 21.0. The van der Waals surface area contributed by atoms with Gasteiger partial charge in [0, 0.05) is 131 Å². The van der Waals surface area contributed by atoms with E-state index in [1.54, 1.807) is 14.2 Å². The Balaban J connectivity index is -0.000000188. The first-order valence-corrected chi connectivity index (χ1v) is 38.4. The number of allylic oxidation sites excluding steroid dienone is 3. The first-order valence-electron chi connectivity index (χ1n) is 34.1. The van der Waals surface area contributed by atoms with Gasteiger partial charge in [-0.15, -0.1) is 38.0 Å². The van der Waals surface area contributed by atoms with Crippen LogP contribution in [-0.4, -0.2) is 298 Å². The first kappa shape index (κ1) is 134. The molecular formula is C70H88BBrCl4F3MgN17NaO31S3. The van der Waals surface area contributed by atoms with E-state index in [9.17, 15) is 81.9 Å². The van der Waals surface area contributed by atoms with Gasteiger partial charge in [-0.2, -0.15) is 25.3 Å². The number of halogens is 8. The molecule has 12 rings (SSSR count). The van der Waals surface area contributed by atoms with Crippen molar-refractivity contribution in [1.29, 1.82) is 0 Å². The summed E-state index contributed by atoms with van der Waals surface area (Å²) in [5, 5.41) is 76.3. The summed E-state index contributed by atoms with van der Waals surface area (Å²) in [7, 11) is -1.51. The minimum Gasteiger partial charge on any atom is -1.00 e. The molecule has 0 bridgehead atoms. The largest absolute Gasteiger partial charge is 2.00 e. The van der Waals surface area contributed by atoms with Crippen LogP contribution < -0.4 is 67.8 Å². The minimum absolute atomic E-state index is 0. The number of likely N-dealkylation sites (N-methyl/N-ethyl adjacent to an activating group) is 2. The number of carbonyl (C=O) groups excluding carboxylic acids is 7. The van der Waals surface area contributed by atoms with Crippen molar-refractivity contribution in [3.05, 3.63) is 233 Å². The summed E-state index contributed by atoms with van der Waals surface area (Å²) in [5.74, 6) is -7.26. The molecule has 132 heavy (non-hydrogen) atoms. The molecule has 3 radical (unpaired) electrons. The average molecular weight is 2100 g/mol. The molecule has 0 spiro atoms. The van der Waals surface area contributed by atoms with Crippen LogP contribution in [0.1, 0.15) is 77.8 Å². The van der Waals surface area contributed by atoms with Crippen molar-refractivity contribution < 1.29 is 208 Å². The van der Waals surface area contributed by atoms with Crippen LogP contribution in [0.15, 0.2) is 209 Å². The number of Topliss-reactive ketones (excluding diaryl/α,β-unsaturated/α-hetero) is 3. The fourth-order valence-electron chi connectivity index (χ4n) is 7.23. The Hall–Kier alpha value is -10.8. The van der Waals surface area contributed by atoms with Gasteiger partial charge in [0.05, 0.1) is 45.6 Å². The second-order valence-corrected chi connectivity index (χ2v) is 26.5. The number of nitrogen functional groups attached to an aromatic ring is 1. The summed E-state index contributed by atoms with van der Waals surface area (Å²) in [6.45, 7) is 5.51. The third-order valence-corrected chi connectivity index (χ3v) is 17.2. The molecule has 0 fully saturated rings. The fourth-order valence-corrected chi connectivity index (χ4v) is 10.3. The quantitative estimate of drug-likeness (QED) is 0.00536. The van der Waals surface area contributed by atoms with Crippen LogP contribution >= 0.6 is 48.0 Å². The molecule has 10 heterocycles. The van der Waals surface area contributed by atoms with Crippen LogP contribution in [0, 0.1) is 19.1 Å². The Morgan fingerprint density at radius 1 is 0.621 bits per heavy atom. The maximum atomic E-state index is 13.2. The van der Waals surface area contributed by atoms with Crippen molar-refractivity contribution in [2.24, 2.45) is 13.2 Å². The summed E-state index contributed by atoms with van der Waals surface area (Å²) < 4.78 is 166. The number of aromatic carboxylic acids is 1. The van der Waals surface area contributed by atoms with Crippen LogP contribution in [0.4, 0.5) is 24.5 Å². The number of aliphatic hydroxyl groups excluding tert-OH is 5. The van der Waals surface area contributed by atoms with E-state index in [0.29, 0.717) is 21.8 Å². The number of carboxylic acid groups (broad SMARTS) is 1. The summed E-state index contributed by atoms with van der Waals surface area (Å²) in [6.07, 6.45) is 13.3. The van der Waals surface area contributed by atoms with Crippen molar-refractivity contribution in [3.63, 3.8) is 0 Å². The number of hydroxylamine groups is 3. The van der Waals surface area contributed by atoms with E-state index in [-0.39, 0.29) is 207 Å². The van der Waals surface area contributed by atoms with Crippen LogP contribution in [-0.2, 0) is 73.7 Å². The fraction of sp³-hybridized carbons (Fsp3) is 0.243. The number of nitrogens with zero attached hydrogens (tertiary/aromatic N) is 13. The van der Waals surface area contributed by atoms with E-state index < -0.39 is 104 Å². The molecule has 0 unspecified atom stereocenters. The molecule has 3 aliphatic heterocycles. The number of amides is 2. The molecule has 11 N–H and O–H groups in total. The summed E-state index contributed by atoms with van der Waals surface area (Å²) in [4.78, 5) is 97.1. The molecule has 0 atom stereocenters. The minimum atomic E-state index is -4.11. The topological polar surface area (TPSA) is 688 Å². The molecule has 0 saturated heterocycles. The monoisotopic (exact) mass is 2090 g/mol. The number of aliphatic hydroxyl groups is 5. The van der Waals surface area contributed by atoms with E-state index in [2.05, 4.69) is 106 Å². The van der Waals surface area contributed by atoms with Gasteiger partial charge in [-0.1, -0.05) is 59.3 Å². The van der Waals surface area contributed by atoms with Crippen molar-refractivity contribution in [1.82, 2.24) is 60.0 Å². The molecule has 3 aliphatic rings. The third-order valence-electron chi connectivity index (χ3n) is 13.1. The van der Waals surface area contributed by atoms with E-state index >= 15 is 0 Å². The van der Waals surface area contributed by atoms with Gasteiger partial charge in [0.15, 0.2) is 17.2 Å². The van der Waals surface area contributed by atoms with Crippen molar-refractivity contribution in [2.45, 2.75) is 20.8 Å². The number of ketones is 4. The number of esters is 1.